The summed E-state index contributed by atoms with van der Waals surface area (Å²) in [5, 5.41) is 4.58. The van der Waals surface area contributed by atoms with Gasteiger partial charge in [0.2, 0.25) is 0 Å². The lowest BCUT2D eigenvalue weighted by atomic mass is 9.86. The van der Waals surface area contributed by atoms with E-state index >= 15 is 0 Å². The Kier molecular flexibility index (Phi) is 3.83. The minimum absolute atomic E-state index is 0.209. The molecule has 3 rings (SSSR count). The van der Waals surface area contributed by atoms with E-state index in [-0.39, 0.29) is 5.54 Å². The molecular formula is C17H25ClN2. The fourth-order valence-corrected chi connectivity index (χ4v) is 3.90. The van der Waals surface area contributed by atoms with E-state index in [1.807, 2.05) is 12.1 Å². The molecule has 1 spiro atoms. The van der Waals surface area contributed by atoms with Crippen molar-refractivity contribution in [1.82, 2.24) is 10.2 Å². The summed E-state index contributed by atoms with van der Waals surface area (Å²) in [6.07, 6.45) is 5.42. The van der Waals surface area contributed by atoms with Crippen LogP contribution in [0.3, 0.4) is 0 Å². The lowest BCUT2D eigenvalue weighted by molar-refractivity contribution is 0.0122. The smallest absolute Gasteiger partial charge is 0.0406 e. The maximum Gasteiger partial charge on any atom is 0.0406 e. The van der Waals surface area contributed by atoms with Gasteiger partial charge in [-0.2, -0.15) is 0 Å². The first-order valence-electron chi connectivity index (χ1n) is 7.74. The van der Waals surface area contributed by atoms with Crippen molar-refractivity contribution < 1.29 is 0 Å². The monoisotopic (exact) mass is 292 g/mol. The van der Waals surface area contributed by atoms with Crippen LogP contribution >= 0.6 is 11.6 Å². The van der Waals surface area contributed by atoms with Crippen LogP contribution in [0.4, 0.5) is 0 Å². The number of nitrogens with one attached hydrogen (secondary N) is 1. The van der Waals surface area contributed by atoms with Crippen LogP contribution < -0.4 is 5.32 Å². The number of halogens is 1. The molecule has 3 heteroatoms. The predicted molar refractivity (Wildman–Crippen MR) is 85.1 cm³/mol. The van der Waals surface area contributed by atoms with Gasteiger partial charge in [0, 0.05) is 35.7 Å². The van der Waals surface area contributed by atoms with Gasteiger partial charge < -0.3 is 5.32 Å². The van der Waals surface area contributed by atoms with Gasteiger partial charge in [0.15, 0.2) is 0 Å². The lowest BCUT2D eigenvalue weighted by Gasteiger charge is -2.51. The Balaban J connectivity index is 1.80. The Morgan fingerprint density at radius 3 is 2.45 bits per heavy atom. The average Bonchev–Trinajstić information content (AvgIpc) is 2.87. The Bertz CT molecular complexity index is 460. The van der Waals surface area contributed by atoms with Crippen LogP contribution in [0.2, 0.25) is 5.02 Å². The van der Waals surface area contributed by atoms with Crippen LogP contribution in [0.25, 0.3) is 0 Å². The van der Waals surface area contributed by atoms with Crippen molar-refractivity contribution in [1.29, 1.82) is 0 Å². The zero-order valence-electron chi connectivity index (χ0n) is 12.6. The number of rotatable bonds is 2. The van der Waals surface area contributed by atoms with Gasteiger partial charge in [0.1, 0.15) is 0 Å². The lowest BCUT2D eigenvalue weighted by Crippen LogP contribution is -2.66. The molecule has 0 bridgehead atoms. The zero-order chi connectivity index (χ0) is 14.2. The van der Waals surface area contributed by atoms with Crippen LogP contribution in [0, 0.1) is 0 Å². The third kappa shape index (κ3) is 2.88. The number of hydrogen-bond donors (Lipinski definition) is 1. The van der Waals surface area contributed by atoms with Crippen LogP contribution in [0.5, 0.6) is 0 Å². The van der Waals surface area contributed by atoms with Gasteiger partial charge in [-0.1, -0.05) is 36.6 Å². The fourth-order valence-electron chi connectivity index (χ4n) is 3.78. The summed E-state index contributed by atoms with van der Waals surface area (Å²) in [6.45, 7) is 7.92. The summed E-state index contributed by atoms with van der Waals surface area (Å²) in [5.41, 5.74) is 1.97. The first-order valence-corrected chi connectivity index (χ1v) is 8.12. The molecule has 1 aliphatic heterocycles. The van der Waals surface area contributed by atoms with Crippen LogP contribution in [-0.2, 0) is 6.54 Å². The third-order valence-electron chi connectivity index (χ3n) is 4.97. The first-order chi connectivity index (χ1) is 9.49. The minimum Gasteiger partial charge on any atom is -0.309 e. The maximum atomic E-state index is 6.00. The van der Waals surface area contributed by atoms with Crippen molar-refractivity contribution in [3.63, 3.8) is 0 Å². The van der Waals surface area contributed by atoms with Gasteiger partial charge in [0.25, 0.3) is 0 Å². The molecule has 1 heterocycles. The highest BCUT2D eigenvalue weighted by Gasteiger charge is 2.45. The molecule has 1 saturated heterocycles. The second kappa shape index (κ2) is 5.32. The molecule has 0 unspecified atom stereocenters. The number of nitrogens with zero attached hydrogens (tertiary/aromatic N) is 1. The molecule has 0 amide bonds. The quantitative estimate of drug-likeness (QED) is 0.891. The Morgan fingerprint density at radius 1 is 1.15 bits per heavy atom. The Labute approximate surface area is 127 Å². The highest BCUT2D eigenvalue weighted by molar-refractivity contribution is 6.30. The molecule has 1 N–H and O–H groups in total. The van der Waals surface area contributed by atoms with Crippen molar-refractivity contribution in [2.45, 2.75) is 57.2 Å². The standard InChI is InChI=1S/C17H25ClN2/c1-16(2)13-20(11-14-5-7-15(18)8-6-14)17(12-19-16)9-3-4-10-17/h5-8,19H,3-4,9-13H2,1-2H3. The van der Waals surface area contributed by atoms with Gasteiger partial charge in [-0.15, -0.1) is 0 Å². The van der Waals surface area contributed by atoms with E-state index in [2.05, 4.69) is 36.2 Å². The zero-order valence-corrected chi connectivity index (χ0v) is 13.3. The summed E-state index contributed by atoms with van der Waals surface area (Å²) in [5.74, 6) is 0. The topological polar surface area (TPSA) is 15.3 Å². The summed E-state index contributed by atoms with van der Waals surface area (Å²) in [6, 6.07) is 8.34. The predicted octanol–water partition coefficient (Wildman–Crippen LogP) is 3.84. The van der Waals surface area contributed by atoms with Crippen LogP contribution in [0.1, 0.15) is 45.1 Å². The SMILES string of the molecule is CC1(C)CN(Cc2ccc(Cl)cc2)C2(CCCC2)CN1. The molecule has 20 heavy (non-hydrogen) atoms. The molecule has 1 aliphatic carbocycles. The summed E-state index contributed by atoms with van der Waals surface area (Å²) < 4.78 is 0. The number of hydrogen-bond acceptors (Lipinski definition) is 2. The first kappa shape index (κ1) is 14.4. The molecule has 1 aromatic carbocycles. The van der Waals surface area contributed by atoms with Crippen molar-refractivity contribution in [3.8, 4) is 0 Å². The summed E-state index contributed by atoms with van der Waals surface area (Å²) in [4.78, 5) is 2.72. The molecule has 1 aromatic rings. The molecule has 0 aromatic heterocycles. The van der Waals surface area contributed by atoms with Crippen LogP contribution in [0.15, 0.2) is 24.3 Å². The minimum atomic E-state index is 0.209. The van der Waals surface area contributed by atoms with E-state index in [1.54, 1.807) is 0 Å². The van der Waals surface area contributed by atoms with E-state index in [4.69, 9.17) is 11.6 Å². The average molecular weight is 293 g/mol. The molecule has 2 fully saturated rings. The van der Waals surface area contributed by atoms with Gasteiger partial charge in [-0.25, -0.2) is 0 Å². The van der Waals surface area contributed by atoms with E-state index in [0.29, 0.717) is 5.54 Å². The second-order valence-corrected chi connectivity index (χ2v) is 7.59. The van der Waals surface area contributed by atoms with Crippen LogP contribution in [-0.4, -0.2) is 29.1 Å². The molecular weight excluding hydrogens is 268 g/mol. The molecule has 1 saturated carbocycles. The van der Waals surface area contributed by atoms with Gasteiger partial charge in [-0.05, 0) is 44.4 Å². The Hall–Kier alpha value is -0.570. The van der Waals surface area contributed by atoms with Crippen molar-refractivity contribution >= 4 is 11.6 Å². The number of piperazine rings is 1. The second-order valence-electron chi connectivity index (χ2n) is 7.15. The highest BCUT2D eigenvalue weighted by Crippen LogP contribution is 2.39. The molecule has 110 valence electrons. The number of benzene rings is 1. The fraction of sp³-hybridized carbons (Fsp3) is 0.647. The van der Waals surface area contributed by atoms with Gasteiger partial charge >= 0.3 is 0 Å². The molecule has 2 nitrogen and oxygen atoms in total. The molecule has 0 radical (unpaired) electrons. The van der Waals surface area contributed by atoms with E-state index in [9.17, 15) is 0 Å². The van der Waals surface area contributed by atoms with Crippen molar-refractivity contribution in [3.05, 3.63) is 34.9 Å². The summed E-state index contributed by atoms with van der Waals surface area (Å²) >= 11 is 6.00. The van der Waals surface area contributed by atoms with Gasteiger partial charge in [0.05, 0.1) is 0 Å². The van der Waals surface area contributed by atoms with E-state index in [1.165, 1.54) is 31.2 Å². The van der Waals surface area contributed by atoms with Crippen molar-refractivity contribution in [2.75, 3.05) is 13.1 Å². The van der Waals surface area contributed by atoms with Gasteiger partial charge in [-0.3, -0.25) is 4.90 Å². The summed E-state index contributed by atoms with van der Waals surface area (Å²) in [7, 11) is 0. The van der Waals surface area contributed by atoms with E-state index in [0.717, 1.165) is 24.7 Å². The maximum absolute atomic E-state index is 6.00. The Morgan fingerprint density at radius 2 is 1.80 bits per heavy atom. The third-order valence-corrected chi connectivity index (χ3v) is 5.23. The normalized spacial score (nSPS) is 25.1. The molecule has 2 aliphatic rings. The van der Waals surface area contributed by atoms with E-state index < -0.39 is 0 Å². The van der Waals surface area contributed by atoms with Crippen molar-refractivity contribution in [2.24, 2.45) is 0 Å². The molecule has 0 atom stereocenters. The highest BCUT2D eigenvalue weighted by atomic mass is 35.5. The largest absolute Gasteiger partial charge is 0.309 e.